The average Bonchev–Trinajstić information content (AvgIpc) is 2.73. The molecule has 6 heteroatoms. The molecule has 3 N–H and O–H groups in total. The first-order chi connectivity index (χ1) is 14.5. The van der Waals surface area contributed by atoms with E-state index in [0.29, 0.717) is 27.2 Å². The maximum absolute atomic E-state index is 12.5. The van der Waals surface area contributed by atoms with Gasteiger partial charge in [-0.25, -0.2) is 4.79 Å². The molecule has 4 aromatic rings. The van der Waals surface area contributed by atoms with E-state index in [1.807, 2.05) is 42.5 Å². The van der Waals surface area contributed by atoms with E-state index in [0.717, 1.165) is 12.0 Å². The number of phenols is 1. The molecule has 4 rings (SSSR count). The molecule has 0 aliphatic rings. The number of carbonyl (C=O) groups is 1. The zero-order valence-corrected chi connectivity index (χ0v) is 17.3. The number of anilines is 2. The van der Waals surface area contributed by atoms with E-state index >= 15 is 0 Å². The van der Waals surface area contributed by atoms with E-state index in [9.17, 15) is 9.90 Å². The third-order valence-electron chi connectivity index (χ3n) is 4.72. The van der Waals surface area contributed by atoms with Gasteiger partial charge >= 0.3 is 6.03 Å². The third-order valence-corrected chi connectivity index (χ3v) is 5.33. The van der Waals surface area contributed by atoms with Crippen LogP contribution in [0, 0.1) is 0 Å². The zero-order valence-electron chi connectivity index (χ0n) is 15.8. The second kappa shape index (κ2) is 8.66. The minimum Gasteiger partial charge on any atom is -0.508 e. The molecule has 0 saturated carbocycles. The molecule has 0 aliphatic carbocycles. The largest absolute Gasteiger partial charge is 0.508 e. The number of halogens is 2. The number of aromatic hydroxyl groups is 1. The molecule has 0 aliphatic heterocycles. The molecule has 0 spiro atoms. The number of benzene rings is 4. The van der Waals surface area contributed by atoms with Gasteiger partial charge in [-0.2, -0.15) is 0 Å². The molecule has 0 radical (unpaired) electrons. The molecule has 0 saturated heterocycles. The summed E-state index contributed by atoms with van der Waals surface area (Å²) in [5, 5.41) is 17.3. The molecule has 0 unspecified atom stereocenters. The van der Waals surface area contributed by atoms with Crippen molar-refractivity contribution in [3.8, 4) is 5.75 Å². The lowest BCUT2D eigenvalue weighted by atomic mass is 10.0. The minimum atomic E-state index is -0.445. The van der Waals surface area contributed by atoms with Crippen LogP contribution in [0.3, 0.4) is 0 Å². The Hall–Kier alpha value is -3.21. The molecular formula is C24H18Cl2N2O2. The predicted octanol–water partition coefficient (Wildman–Crippen LogP) is 7.09. The number of urea groups is 1. The van der Waals surface area contributed by atoms with Crippen LogP contribution in [0.4, 0.5) is 16.2 Å². The summed E-state index contributed by atoms with van der Waals surface area (Å²) in [6.07, 6.45) is 0.823. The van der Waals surface area contributed by atoms with E-state index in [4.69, 9.17) is 23.2 Å². The van der Waals surface area contributed by atoms with Crippen LogP contribution < -0.4 is 10.6 Å². The Morgan fingerprint density at radius 1 is 0.767 bits per heavy atom. The number of hydrogen-bond acceptors (Lipinski definition) is 2. The number of rotatable bonds is 4. The monoisotopic (exact) mass is 436 g/mol. The van der Waals surface area contributed by atoms with Gasteiger partial charge in [0, 0.05) is 16.5 Å². The topological polar surface area (TPSA) is 61.4 Å². The molecular weight excluding hydrogens is 419 g/mol. The van der Waals surface area contributed by atoms with Crippen molar-refractivity contribution >= 4 is 51.4 Å². The number of fused-ring (bicyclic) bond motifs is 1. The highest BCUT2D eigenvalue weighted by atomic mass is 35.5. The molecule has 0 atom stereocenters. The van der Waals surface area contributed by atoms with Gasteiger partial charge in [0.1, 0.15) is 5.75 Å². The van der Waals surface area contributed by atoms with E-state index in [1.165, 1.54) is 17.7 Å². The van der Waals surface area contributed by atoms with Crippen molar-refractivity contribution < 1.29 is 9.90 Å². The first kappa shape index (κ1) is 20.1. The van der Waals surface area contributed by atoms with Gasteiger partial charge in [0.05, 0.1) is 15.7 Å². The van der Waals surface area contributed by atoms with Crippen molar-refractivity contribution in [1.82, 2.24) is 0 Å². The van der Waals surface area contributed by atoms with Gasteiger partial charge in [-0.05, 0) is 53.9 Å². The van der Waals surface area contributed by atoms with Crippen LogP contribution in [-0.2, 0) is 6.42 Å². The standard InChI is InChI=1S/C24H18Cl2N2O2/c25-21-14-22(26)23(20-13-18(29)10-11-19(20)21)28-24(30)27-17-8-6-16(7-9-17)12-15-4-2-1-3-5-15/h1-11,13-14,29H,12H2,(H2,27,28,30). The van der Waals surface area contributed by atoms with E-state index < -0.39 is 6.03 Å². The molecule has 0 fully saturated rings. The van der Waals surface area contributed by atoms with Crippen LogP contribution >= 0.6 is 23.2 Å². The summed E-state index contributed by atoms with van der Waals surface area (Å²) in [6, 6.07) is 23.7. The van der Waals surface area contributed by atoms with Gasteiger partial charge in [-0.15, -0.1) is 0 Å². The Labute approximate surface area is 184 Å². The summed E-state index contributed by atoms with van der Waals surface area (Å²) >= 11 is 12.5. The van der Waals surface area contributed by atoms with Crippen LogP contribution in [0.5, 0.6) is 5.75 Å². The predicted molar refractivity (Wildman–Crippen MR) is 124 cm³/mol. The van der Waals surface area contributed by atoms with Crippen molar-refractivity contribution in [3.63, 3.8) is 0 Å². The summed E-state index contributed by atoms with van der Waals surface area (Å²) in [5.74, 6) is 0.0540. The van der Waals surface area contributed by atoms with Crippen molar-refractivity contribution in [3.05, 3.63) is 100 Å². The highest BCUT2D eigenvalue weighted by molar-refractivity contribution is 6.41. The molecule has 0 heterocycles. The smallest absolute Gasteiger partial charge is 0.323 e. The number of phenolic OH excluding ortho intramolecular Hbond substituents is 1. The fourth-order valence-corrected chi connectivity index (χ4v) is 3.87. The van der Waals surface area contributed by atoms with Crippen molar-refractivity contribution in [2.24, 2.45) is 0 Å². The van der Waals surface area contributed by atoms with Gasteiger partial charge in [0.25, 0.3) is 0 Å². The highest BCUT2D eigenvalue weighted by Crippen LogP contribution is 2.38. The van der Waals surface area contributed by atoms with E-state index in [-0.39, 0.29) is 10.8 Å². The summed E-state index contributed by atoms with van der Waals surface area (Å²) in [7, 11) is 0. The fourth-order valence-electron chi connectivity index (χ4n) is 3.28. The summed E-state index contributed by atoms with van der Waals surface area (Å²) in [6.45, 7) is 0. The second-order valence-corrected chi connectivity index (χ2v) is 7.70. The number of nitrogens with one attached hydrogen (secondary N) is 2. The van der Waals surface area contributed by atoms with Crippen LogP contribution in [0.25, 0.3) is 10.8 Å². The van der Waals surface area contributed by atoms with Crippen LogP contribution in [0.2, 0.25) is 10.0 Å². The molecule has 0 aromatic heterocycles. The third kappa shape index (κ3) is 4.51. The summed E-state index contributed by atoms with van der Waals surface area (Å²) < 4.78 is 0. The lowest BCUT2D eigenvalue weighted by Gasteiger charge is -2.13. The molecule has 150 valence electrons. The van der Waals surface area contributed by atoms with Gasteiger partial charge in [-0.3, -0.25) is 0 Å². The quantitative estimate of drug-likeness (QED) is 0.319. The SMILES string of the molecule is O=C(Nc1ccc(Cc2ccccc2)cc1)Nc1c(Cl)cc(Cl)c2ccc(O)cc12. The van der Waals surface area contributed by atoms with Gasteiger partial charge < -0.3 is 15.7 Å². The first-order valence-electron chi connectivity index (χ1n) is 9.31. The fraction of sp³-hybridized carbons (Fsp3) is 0.0417. The van der Waals surface area contributed by atoms with Gasteiger partial charge in [0.15, 0.2) is 0 Å². The Balaban J connectivity index is 1.49. The average molecular weight is 437 g/mol. The van der Waals surface area contributed by atoms with Crippen LogP contribution in [0.1, 0.15) is 11.1 Å². The number of carbonyl (C=O) groups excluding carboxylic acids is 1. The molecule has 0 bridgehead atoms. The Kier molecular flexibility index (Phi) is 5.79. The summed E-state index contributed by atoms with van der Waals surface area (Å²) in [5.41, 5.74) is 3.41. The van der Waals surface area contributed by atoms with Crippen molar-refractivity contribution in [1.29, 1.82) is 0 Å². The maximum atomic E-state index is 12.5. The van der Waals surface area contributed by atoms with E-state index in [1.54, 1.807) is 12.1 Å². The van der Waals surface area contributed by atoms with Gasteiger partial charge in [0.2, 0.25) is 0 Å². The Morgan fingerprint density at radius 3 is 2.20 bits per heavy atom. The lowest BCUT2D eigenvalue weighted by Crippen LogP contribution is -2.19. The van der Waals surface area contributed by atoms with Crippen molar-refractivity contribution in [2.45, 2.75) is 6.42 Å². The first-order valence-corrected chi connectivity index (χ1v) is 10.1. The molecule has 4 aromatic carbocycles. The minimum absolute atomic E-state index is 0.0540. The van der Waals surface area contributed by atoms with Crippen molar-refractivity contribution in [2.75, 3.05) is 10.6 Å². The maximum Gasteiger partial charge on any atom is 0.323 e. The number of amides is 2. The Morgan fingerprint density at radius 2 is 1.47 bits per heavy atom. The normalized spacial score (nSPS) is 10.7. The van der Waals surface area contributed by atoms with E-state index in [2.05, 4.69) is 22.8 Å². The van der Waals surface area contributed by atoms with Crippen LogP contribution in [0.15, 0.2) is 78.9 Å². The highest BCUT2D eigenvalue weighted by Gasteiger charge is 2.14. The number of hydrogen-bond donors (Lipinski definition) is 3. The molecule has 2 amide bonds. The molecule has 30 heavy (non-hydrogen) atoms. The Bertz CT molecular complexity index is 1210. The zero-order chi connectivity index (χ0) is 21.1. The lowest BCUT2D eigenvalue weighted by molar-refractivity contribution is 0.262. The molecule has 4 nitrogen and oxygen atoms in total. The summed E-state index contributed by atoms with van der Waals surface area (Å²) in [4.78, 5) is 12.5. The van der Waals surface area contributed by atoms with Crippen LogP contribution in [-0.4, -0.2) is 11.1 Å². The second-order valence-electron chi connectivity index (χ2n) is 6.88. The van der Waals surface area contributed by atoms with Gasteiger partial charge in [-0.1, -0.05) is 65.7 Å².